The van der Waals surface area contributed by atoms with E-state index < -0.39 is 0 Å². The maximum absolute atomic E-state index is 12.6. The quantitative estimate of drug-likeness (QED) is 0.685. The SMILES string of the molecule is CC(C)OCc1ccccc1CNC(=O)CN1C[C@@H](CN)[C@H](c2ccccc2)C1. The molecule has 1 aliphatic heterocycles. The van der Waals surface area contributed by atoms with Crippen LogP contribution in [0, 0.1) is 5.92 Å². The van der Waals surface area contributed by atoms with Crippen LogP contribution in [0.5, 0.6) is 0 Å². The molecule has 1 heterocycles. The van der Waals surface area contributed by atoms with Crippen LogP contribution in [0.4, 0.5) is 0 Å². The van der Waals surface area contributed by atoms with Gasteiger partial charge in [0.2, 0.25) is 5.91 Å². The van der Waals surface area contributed by atoms with Gasteiger partial charge in [-0.3, -0.25) is 9.69 Å². The van der Waals surface area contributed by atoms with Gasteiger partial charge in [-0.25, -0.2) is 0 Å². The summed E-state index contributed by atoms with van der Waals surface area (Å²) in [5, 5.41) is 3.07. The number of benzene rings is 2. The first kappa shape index (κ1) is 21.5. The van der Waals surface area contributed by atoms with E-state index in [2.05, 4.69) is 40.5 Å². The first-order valence-electron chi connectivity index (χ1n) is 10.5. The Balaban J connectivity index is 1.53. The molecule has 29 heavy (non-hydrogen) atoms. The van der Waals surface area contributed by atoms with Crippen molar-refractivity contribution in [3.63, 3.8) is 0 Å². The van der Waals surface area contributed by atoms with Gasteiger partial charge < -0.3 is 15.8 Å². The normalized spacial score (nSPS) is 19.6. The van der Waals surface area contributed by atoms with Crippen LogP contribution in [0.1, 0.15) is 36.5 Å². The molecule has 5 heteroatoms. The van der Waals surface area contributed by atoms with Crippen molar-refractivity contribution in [3.8, 4) is 0 Å². The van der Waals surface area contributed by atoms with Crippen molar-refractivity contribution >= 4 is 5.91 Å². The van der Waals surface area contributed by atoms with Crippen LogP contribution in [0.3, 0.4) is 0 Å². The van der Waals surface area contributed by atoms with E-state index in [1.807, 2.05) is 38.1 Å². The molecule has 0 unspecified atom stereocenters. The predicted octanol–water partition coefficient (Wildman–Crippen LogP) is 2.90. The Morgan fingerprint density at radius 3 is 2.48 bits per heavy atom. The largest absolute Gasteiger partial charge is 0.374 e. The number of carbonyl (C=O) groups is 1. The number of amides is 1. The monoisotopic (exact) mass is 395 g/mol. The summed E-state index contributed by atoms with van der Waals surface area (Å²) in [6.07, 6.45) is 0.181. The summed E-state index contributed by atoms with van der Waals surface area (Å²) in [6.45, 7) is 7.92. The molecule has 1 aliphatic rings. The second kappa shape index (κ2) is 10.5. The topological polar surface area (TPSA) is 67.6 Å². The second-order valence-electron chi connectivity index (χ2n) is 8.11. The van der Waals surface area contributed by atoms with Crippen LogP contribution in [0.2, 0.25) is 0 Å². The highest BCUT2D eigenvalue weighted by Gasteiger charge is 2.33. The first-order valence-corrected chi connectivity index (χ1v) is 10.5. The molecule has 0 saturated carbocycles. The van der Waals surface area contributed by atoms with Crippen molar-refractivity contribution in [1.82, 2.24) is 10.2 Å². The summed E-state index contributed by atoms with van der Waals surface area (Å²) >= 11 is 0. The van der Waals surface area contributed by atoms with E-state index in [-0.39, 0.29) is 12.0 Å². The van der Waals surface area contributed by atoms with Crippen LogP contribution in [-0.4, -0.2) is 43.1 Å². The summed E-state index contributed by atoms with van der Waals surface area (Å²) in [5.41, 5.74) is 9.55. The van der Waals surface area contributed by atoms with Crippen molar-refractivity contribution < 1.29 is 9.53 Å². The van der Waals surface area contributed by atoms with Gasteiger partial charge >= 0.3 is 0 Å². The fourth-order valence-corrected chi connectivity index (χ4v) is 3.99. The molecule has 2 aromatic carbocycles. The standard InChI is InChI=1S/C24H33N3O2/c1-18(2)29-17-21-11-7-6-10-20(21)13-26-24(28)16-27-14-22(12-25)23(15-27)19-8-4-3-5-9-19/h3-11,18,22-23H,12-17,25H2,1-2H3,(H,26,28)/t22-,23+/m1/s1. The van der Waals surface area contributed by atoms with E-state index in [0.29, 0.717) is 38.1 Å². The first-order chi connectivity index (χ1) is 14.1. The van der Waals surface area contributed by atoms with Crippen molar-refractivity contribution in [2.75, 3.05) is 26.2 Å². The Labute approximate surface area is 174 Å². The number of rotatable bonds is 9. The molecule has 1 fully saturated rings. The van der Waals surface area contributed by atoms with E-state index in [1.165, 1.54) is 5.56 Å². The zero-order valence-electron chi connectivity index (χ0n) is 17.5. The van der Waals surface area contributed by atoms with Crippen LogP contribution in [0.25, 0.3) is 0 Å². The average molecular weight is 396 g/mol. The molecule has 0 bridgehead atoms. The molecule has 156 valence electrons. The van der Waals surface area contributed by atoms with Crippen LogP contribution in [-0.2, 0) is 22.7 Å². The zero-order chi connectivity index (χ0) is 20.6. The van der Waals surface area contributed by atoms with Crippen molar-refractivity contribution in [1.29, 1.82) is 0 Å². The number of nitrogens with zero attached hydrogens (tertiary/aromatic N) is 1. The fraction of sp³-hybridized carbons (Fsp3) is 0.458. The molecule has 0 aliphatic carbocycles. The highest BCUT2D eigenvalue weighted by molar-refractivity contribution is 5.78. The van der Waals surface area contributed by atoms with Crippen LogP contribution in [0.15, 0.2) is 54.6 Å². The maximum atomic E-state index is 12.6. The van der Waals surface area contributed by atoms with Gasteiger partial charge in [0.05, 0.1) is 19.3 Å². The molecular weight excluding hydrogens is 362 g/mol. The van der Waals surface area contributed by atoms with E-state index >= 15 is 0 Å². The minimum Gasteiger partial charge on any atom is -0.374 e. The van der Waals surface area contributed by atoms with Gasteiger partial charge in [-0.15, -0.1) is 0 Å². The average Bonchev–Trinajstić information content (AvgIpc) is 3.14. The lowest BCUT2D eigenvalue weighted by Gasteiger charge is -2.17. The smallest absolute Gasteiger partial charge is 0.234 e. The third-order valence-corrected chi connectivity index (χ3v) is 5.58. The Morgan fingerprint density at radius 2 is 1.79 bits per heavy atom. The Bertz CT molecular complexity index is 779. The molecule has 0 aromatic heterocycles. The third kappa shape index (κ3) is 6.13. The lowest BCUT2D eigenvalue weighted by Crippen LogP contribution is -2.36. The number of carbonyl (C=O) groups excluding carboxylic acids is 1. The molecule has 0 spiro atoms. The molecule has 1 amide bonds. The number of ether oxygens (including phenoxy) is 1. The minimum absolute atomic E-state index is 0.0501. The molecule has 5 nitrogen and oxygen atoms in total. The second-order valence-corrected chi connectivity index (χ2v) is 8.11. The summed E-state index contributed by atoms with van der Waals surface area (Å²) < 4.78 is 5.73. The summed E-state index contributed by atoms with van der Waals surface area (Å²) in [7, 11) is 0. The van der Waals surface area contributed by atoms with Gasteiger partial charge in [-0.1, -0.05) is 54.6 Å². The zero-order valence-corrected chi connectivity index (χ0v) is 17.5. The summed E-state index contributed by atoms with van der Waals surface area (Å²) in [4.78, 5) is 14.8. The van der Waals surface area contributed by atoms with Crippen LogP contribution >= 0.6 is 0 Å². The number of nitrogens with two attached hydrogens (primary N) is 1. The predicted molar refractivity (Wildman–Crippen MR) is 116 cm³/mol. The molecule has 2 aromatic rings. The summed E-state index contributed by atoms with van der Waals surface area (Å²) in [6, 6.07) is 18.6. The van der Waals surface area contributed by atoms with Crippen LogP contribution < -0.4 is 11.1 Å². The van der Waals surface area contributed by atoms with E-state index in [0.717, 1.165) is 24.2 Å². The van der Waals surface area contributed by atoms with E-state index in [4.69, 9.17) is 10.5 Å². The molecule has 1 saturated heterocycles. The molecular formula is C24H33N3O2. The van der Waals surface area contributed by atoms with Crippen molar-refractivity contribution in [3.05, 3.63) is 71.3 Å². The Hall–Kier alpha value is -2.21. The van der Waals surface area contributed by atoms with Crippen molar-refractivity contribution in [2.45, 2.75) is 39.0 Å². The number of hydrogen-bond donors (Lipinski definition) is 2. The van der Waals surface area contributed by atoms with Gasteiger partial charge in [-0.2, -0.15) is 0 Å². The molecule has 3 rings (SSSR count). The highest BCUT2D eigenvalue weighted by atomic mass is 16.5. The highest BCUT2D eigenvalue weighted by Crippen LogP contribution is 2.31. The molecule has 2 atom stereocenters. The number of hydrogen-bond acceptors (Lipinski definition) is 4. The van der Waals surface area contributed by atoms with Crippen molar-refractivity contribution in [2.24, 2.45) is 11.7 Å². The third-order valence-electron chi connectivity index (χ3n) is 5.58. The van der Waals surface area contributed by atoms with Gasteiger partial charge in [0.15, 0.2) is 0 Å². The summed E-state index contributed by atoms with van der Waals surface area (Å²) in [5.74, 6) is 0.830. The van der Waals surface area contributed by atoms with Gasteiger partial charge in [0.1, 0.15) is 0 Å². The number of likely N-dealkylation sites (tertiary alicyclic amines) is 1. The Morgan fingerprint density at radius 1 is 1.10 bits per heavy atom. The van der Waals surface area contributed by atoms with Gasteiger partial charge in [-0.05, 0) is 43.0 Å². The fourth-order valence-electron chi connectivity index (χ4n) is 3.99. The van der Waals surface area contributed by atoms with Gasteiger partial charge in [0.25, 0.3) is 0 Å². The maximum Gasteiger partial charge on any atom is 0.234 e. The lowest BCUT2D eigenvalue weighted by atomic mass is 9.89. The Kier molecular flexibility index (Phi) is 7.81. The van der Waals surface area contributed by atoms with E-state index in [9.17, 15) is 4.79 Å². The number of nitrogens with one attached hydrogen (secondary N) is 1. The lowest BCUT2D eigenvalue weighted by molar-refractivity contribution is -0.122. The molecule has 0 radical (unpaired) electrons. The molecule has 3 N–H and O–H groups in total. The van der Waals surface area contributed by atoms with Gasteiger partial charge in [0, 0.05) is 25.6 Å². The minimum atomic E-state index is 0.0501. The van der Waals surface area contributed by atoms with E-state index in [1.54, 1.807) is 0 Å².